The molecule has 28 heavy (non-hydrogen) atoms. The molecular weight excluding hydrogens is 386 g/mol. The summed E-state index contributed by atoms with van der Waals surface area (Å²) in [6.07, 6.45) is 0.693. The molecule has 9 nitrogen and oxygen atoms in total. The number of rotatable bonds is 9. The Bertz CT molecular complexity index is 760. The van der Waals surface area contributed by atoms with Crippen molar-refractivity contribution in [2.45, 2.75) is 11.3 Å². The topological polar surface area (TPSA) is 105 Å². The van der Waals surface area contributed by atoms with Crippen LogP contribution in [0.4, 0.5) is 0 Å². The molecule has 0 saturated carbocycles. The van der Waals surface area contributed by atoms with Crippen molar-refractivity contribution in [3.63, 3.8) is 0 Å². The van der Waals surface area contributed by atoms with Gasteiger partial charge in [-0.1, -0.05) is 0 Å². The van der Waals surface area contributed by atoms with E-state index in [-0.39, 0.29) is 23.3 Å². The molecule has 1 aliphatic rings. The molecule has 1 saturated heterocycles. The number of amides is 2. The third-order valence-electron chi connectivity index (χ3n) is 4.28. The molecule has 10 heteroatoms. The van der Waals surface area contributed by atoms with Crippen LogP contribution >= 0.6 is 0 Å². The number of hydrogen-bond acceptors (Lipinski definition) is 6. The molecule has 0 atom stereocenters. The minimum Gasteiger partial charge on any atom is -0.385 e. The summed E-state index contributed by atoms with van der Waals surface area (Å²) in [5.41, 5.74) is 0.315. The SMILES string of the molecule is COCCCNC(=O)CN(C)C(=O)c1ccc(S(=O)(=O)N2CCOCC2)cc1. The van der Waals surface area contributed by atoms with Crippen molar-refractivity contribution in [2.75, 3.05) is 60.2 Å². The fraction of sp³-hybridized carbons (Fsp3) is 0.556. The fourth-order valence-corrected chi connectivity index (χ4v) is 4.12. The van der Waals surface area contributed by atoms with Crippen molar-refractivity contribution in [3.8, 4) is 0 Å². The molecule has 0 spiro atoms. The summed E-state index contributed by atoms with van der Waals surface area (Å²) in [5.74, 6) is -0.624. The van der Waals surface area contributed by atoms with Crippen molar-refractivity contribution in [3.05, 3.63) is 29.8 Å². The molecule has 1 heterocycles. The molecule has 1 fully saturated rings. The fourth-order valence-electron chi connectivity index (χ4n) is 2.71. The Morgan fingerprint density at radius 1 is 1.21 bits per heavy atom. The molecule has 1 aromatic rings. The van der Waals surface area contributed by atoms with Crippen molar-refractivity contribution in [2.24, 2.45) is 0 Å². The number of ether oxygens (including phenoxy) is 2. The van der Waals surface area contributed by atoms with Gasteiger partial charge in [0.2, 0.25) is 15.9 Å². The quantitative estimate of drug-likeness (QED) is 0.569. The van der Waals surface area contributed by atoms with Crippen LogP contribution < -0.4 is 5.32 Å². The van der Waals surface area contributed by atoms with Gasteiger partial charge in [-0.15, -0.1) is 0 Å². The van der Waals surface area contributed by atoms with Crippen LogP contribution in [0.5, 0.6) is 0 Å². The van der Waals surface area contributed by atoms with Gasteiger partial charge in [0.05, 0.1) is 24.7 Å². The maximum Gasteiger partial charge on any atom is 0.254 e. The number of methoxy groups -OCH3 is 1. The van der Waals surface area contributed by atoms with Crippen LogP contribution in [0.15, 0.2) is 29.2 Å². The number of morpholine rings is 1. The average molecular weight is 413 g/mol. The number of nitrogens with one attached hydrogen (secondary N) is 1. The highest BCUT2D eigenvalue weighted by molar-refractivity contribution is 7.89. The summed E-state index contributed by atoms with van der Waals surface area (Å²) in [5, 5.41) is 2.71. The monoisotopic (exact) mass is 413 g/mol. The van der Waals surface area contributed by atoms with E-state index in [1.165, 1.54) is 40.5 Å². The summed E-state index contributed by atoms with van der Waals surface area (Å²) < 4.78 is 36.7. The Balaban J connectivity index is 1.94. The maximum absolute atomic E-state index is 12.6. The minimum absolute atomic E-state index is 0.0837. The molecule has 0 bridgehead atoms. The second kappa shape index (κ2) is 10.5. The van der Waals surface area contributed by atoms with Crippen LogP contribution in [0.1, 0.15) is 16.8 Å². The summed E-state index contributed by atoms with van der Waals surface area (Å²) in [4.78, 5) is 25.8. The molecule has 156 valence electrons. The summed E-state index contributed by atoms with van der Waals surface area (Å²) in [6.45, 7) is 2.30. The molecule has 1 aromatic carbocycles. The smallest absolute Gasteiger partial charge is 0.254 e. The van der Waals surface area contributed by atoms with Gasteiger partial charge in [-0.25, -0.2) is 8.42 Å². The molecule has 0 unspecified atom stereocenters. The van der Waals surface area contributed by atoms with Gasteiger partial charge < -0.3 is 19.7 Å². The lowest BCUT2D eigenvalue weighted by atomic mass is 10.2. The summed E-state index contributed by atoms with van der Waals surface area (Å²) in [7, 11) is -0.492. The molecule has 0 radical (unpaired) electrons. The van der Waals surface area contributed by atoms with Crippen molar-refractivity contribution < 1.29 is 27.5 Å². The summed E-state index contributed by atoms with van der Waals surface area (Å²) >= 11 is 0. The Labute approximate surface area is 165 Å². The predicted octanol–water partition coefficient (Wildman–Crippen LogP) is -0.0678. The van der Waals surface area contributed by atoms with Gasteiger partial charge in [0, 0.05) is 46.0 Å². The highest BCUT2D eigenvalue weighted by Crippen LogP contribution is 2.18. The van der Waals surface area contributed by atoms with Crippen LogP contribution in [0.3, 0.4) is 0 Å². The van der Waals surface area contributed by atoms with Gasteiger partial charge in [0.1, 0.15) is 0 Å². The van der Waals surface area contributed by atoms with E-state index in [2.05, 4.69) is 5.32 Å². The van der Waals surface area contributed by atoms with E-state index in [0.717, 1.165) is 0 Å². The normalized spacial score (nSPS) is 15.2. The third-order valence-corrected chi connectivity index (χ3v) is 6.20. The van der Waals surface area contributed by atoms with Crippen LogP contribution in [0.25, 0.3) is 0 Å². The van der Waals surface area contributed by atoms with Crippen molar-refractivity contribution in [1.29, 1.82) is 0 Å². The molecule has 0 aliphatic carbocycles. The maximum atomic E-state index is 12.6. The lowest BCUT2D eigenvalue weighted by Gasteiger charge is -2.26. The zero-order valence-electron chi connectivity index (χ0n) is 16.2. The molecule has 0 aromatic heterocycles. The van der Waals surface area contributed by atoms with Gasteiger partial charge in [-0.3, -0.25) is 9.59 Å². The van der Waals surface area contributed by atoms with Gasteiger partial charge in [-0.2, -0.15) is 4.31 Å². The Morgan fingerprint density at radius 2 is 1.86 bits per heavy atom. The Hall–Kier alpha value is -2.01. The molecule has 2 rings (SSSR count). The Kier molecular flexibility index (Phi) is 8.36. The van der Waals surface area contributed by atoms with Crippen LogP contribution in [0, 0.1) is 0 Å². The molecule has 1 N–H and O–H groups in total. The minimum atomic E-state index is -3.60. The van der Waals surface area contributed by atoms with Crippen molar-refractivity contribution in [1.82, 2.24) is 14.5 Å². The first-order valence-electron chi connectivity index (χ1n) is 9.05. The van der Waals surface area contributed by atoms with E-state index >= 15 is 0 Å². The van der Waals surface area contributed by atoms with E-state index in [0.29, 0.717) is 51.4 Å². The van der Waals surface area contributed by atoms with E-state index in [9.17, 15) is 18.0 Å². The molecule has 2 amide bonds. The number of benzene rings is 1. The van der Waals surface area contributed by atoms with Gasteiger partial charge in [-0.05, 0) is 30.7 Å². The van der Waals surface area contributed by atoms with Crippen molar-refractivity contribution >= 4 is 21.8 Å². The zero-order valence-corrected chi connectivity index (χ0v) is 17.0. The Morgan fingerprint density at radius 3 is 2.46 bits per heavy atom. The third kappa shape index (κ3) is 5.99. The average Bonchev–Trinajstić information content (AvgIpc) is 2.71. The first-order chi connectivity index (χ1) is 13.4. The molecular formula is C18H27N3O6S. The van der Waals surface area contributed by atoms with Gasteiger partial charge in [0.15, 0.2) is 0 Å². The number of hydrogen-bond donors (Lipinski definition) is 1. The predicted molar refractivity (Wildman–Crippen MR) is 102 cm³/mol. The van der Waals surface area contributed by atoms with Gasteiger partial charge >= 0.3 is 0 Å². The van der Waals surface area contributed by atoms with Crippen LogP contribution in [0.2, 0.25) is 0 Å². The first-order valence-corrected chi connectivity index (χ1v) is 10.5. The number of sulfonamides is 1. The van der Waals surface area contributed by atoms with E-state index in [1.807, 2.05) is 0 Å². The number of carbonyl (C=O) groups excluding carboxylic acids is 2. The van der Waals surface area contributed by atoms with Crippen LogP contribution in [-0.2, 0) is 24.3 Å². The van der Waals surface area contributed by atoms with Crippen LogP contribution in [-0.4, -0.2) is 89.6 Å². The van der Waals surface area contributed by atoms with E-state index in [4.69, 9.17) is 9.47 Å². The summed E-state index contributed by atoms with van der Waals surface area (Å²) in [6, 6.07) is 5.75. The first kappa shape index (κ1) is 22.3. The van der Waals surface area contributed by atoms with E-state index in [1.54, 1.807) is 7.11 Å². The second-order valence-electron chi connectivity index (χ2n) is 6.40. The number of likely N-dealkylation sites (N-methyl/N-ethyl adjacent to an activating group) is 1. The highest BCUT2D eigenvalue weighted by atomic mass is 32.2. The lowest BCUT2D eigenvalue weighted by Crippen LogP contribution is -2.40. The number of carbonyl (C=O) groups is 2. The second-order valence-corrected chi connectivity index (χ2v) is 8.34. The largest absolute Gasteiger partial charge is 0.385 e. The molecule has 1 aliphatic heterocycles. The number of nitrogens with zero attached hydrogens (tertiary/aromatic N) is 2. The van der Waals surface area contributed by atoms with Gasteiger partial charge in [0.25, 0.3) is 5.91 Å². The standard InChI is InChI=1S/C18H27N3O6S/c1-20(14-17(22)19-8-3-11-26-2)18(23)15-4-6-16(7-5-15)28(24,25)21-9-12-27-13-10-21/h4-7H,3,8-14H2,1-2H3,(H,19,22). The lowest BCUT2D eigenvalue weighted by molar-refractivity contribution is -0.121. The zero-order chi connectivity index (χ0) is 20.6. The highest BCUT2D eigenvalue weighted by Gasteiger charge is 2.26. The van der Waals surface area contributed by atoms with E-state index < -0.39 is 10.0 Å².